The first-order chi connectivity index (χ1) is 6.26. The number of hydrogen-bond acceptors (Lipinski definition) is 5. The number of nitrogens with one attached hydrogen (secondary N) is 1. The molecule has 0 bridgehead atoms. The summed E-state index contributed by atoms with van der Waals surface area (Å²) in [6.45, 7) is 4.18. The number of ether oxygens (including phenoxy) is 1. The van der Waals surface area contributed by atoms with E-state index in [1.165, 1.54) is 0 Å². The minimum absolute atomic E-state index is 0.712. The number of carbonyl (C=O) groups is 2. The fourth-order valence-corrected chi connectivity index (χ4v) is 0.629. The smallest absolute Gasteiger partial charge is 0.408 e. The van der Waals surface area contributed by atoms with Crippen LogP contribution >= 0.6 is 0 Å². The number of hydrogen-bond donors (Lipinski definition) is 2. The van der Waals surface area contributed by atoms with Crippen LogP contribution in [0.25, 0.3) is 0 Å². The summed E-state index contributed by atoms with van der Waals surface area (Å²) in [7, 11) is 0. The van der Waals surface area contributed by atoms with Gasteiger partial charge in [0.05, 0.1) is 18.6 Å². The molecule has 0 radical (unpaired) electrons. The number of aliphatic hydroxyl groups is 1. The number of aliphatic hydroxyl groups excluding tert-OH is 1. The minimum Gasteiger partial charge on any atom is -0.548 e. The van der Waals surface area contributed by atoms with E-state index < -0.39 is 30.3 Å². The van der Waals surface area contributed by atoms with Crippen LogP contribution in [0.15, 0.2) is 0 Å². The summed E-state index contributed by atoms with van der Waals surface area (Å²) in [6, 6.07) is -1.44. The molecule has 1 atom stereocenters. The van der Waals surface area contributed by atoms with E-state index in [1.54, 1.807) is 20.8 Å². The van der Waals surface area contributed by atoms with Gasteiger partial charge in [-0.3, -0.25) is 0 Å². The topological polar surface area (TPSA) is 98.7 Å². The highest BCUT2D eigenvalue weighted by Gasteiger charge is 2.19. The molecular weight excluding hydrogens is 190 g/mol. The number of carboxylic acid groups (broad SMARTS) is 1. The summed E-state index contributed by atoms with van der Waals surface area (Å²) in [5.74, 6) is -1.56. The molecule has 0 heterocycles. The number of carbonyl (C=O) groups excluding carboxylic acids is 2. The van der Waals surface area contributed by atoms with E-state index in [9.17, 15) is 14.7 Å². The third-order valence-electron chi connectivity index (χ3n) is 1.16. The van der Waals surface area contributed by atoms with Crippen LogP contribution in [0.3, 0.4) is 0 Å². The number of alkyl carbamates (subject to hydrolysis) is 1. The number of rotatable bonds is 3. The molecule has 6 nitrogen and oxygen atoms in total. The van der Waals surface area contributed by atoms with E-state index in [-0.39, 0.29) is 0 Å². The minimum atomic E-state index is -1.56. The lowest BCUT2D eigenvalue weighted by Gasteiger charge is -2.23. The molecule has 0 aromatic rings. The molecule has 0 aromatic carbocycles. The van der Waals surface area contributed by atoms with Gasteiger partial charge in [0.2, 0.25) is 0 Å². The van der Waals surface area contributed by atoms with Gasteiger partial charge in [-0.15, -0.1) is 0 Å². The van der Waals surface area contributed by atoms with Crippen LogP contribution in [-0.2, 0) is 9.53 Å². The van der Waals surface area contributed by atoms with E-state index in [2.05, 4.69) is 0 Å². The molecule has 0 saturated carbocycles. The maximum Gasteiger partial charge on any atom is 0.408 e. The normalized spacial score (nSPS) is 13.1. The van der Waals surface area contributed by atoms with E-state index in [0.717, 1.165) is 0 Å². The Labute approximate surface area is 81.9 Å². The third-order valence-corrected chi connectivity index (χ3v) is 1.16. The standard InChI is InChI=1S/C8H15NO5/c1-8(2,3)14-7(13)9-5(4-10)6(11)12/h5,10H,4H2,1-3H3,(H,9,13)(H,11,12)/p-1. The maximum atomic E-state index is 11.0. The first-order valence-electron chi connectivity index (χ1n) is 4.07. The summed E-state index contributed by atoms with van der Waals surface area (Å²) < 4.78 is 4.77. The molecule has 0 rings (SSSR count). The lowest BCUT2D eigenvalue weighted by molar-refractivity contribution is -0.309. The first kappa shape index (κ1) is 12.7. The Morgan fingerprint density at radius 2 is 2.00 bits per heavy atom. The molecule has 0 aliphatic rings. The Morgan fingerprint density at radius 1 is 1.50 bits per heavy atom. The third kappa shape index (κ3) is 5.36. The van der Waals surface area contributed by atoms with Crippen molar-refractivity contribution in [1.29, 1.82) is 0 Å². The van der Waals surface area contributed by atoms with Crippen molar-refractivity contribution in [2.45, 2.75) is 32.4 Å². The molecule has 82 valence electrons. The molecule has 1 amide bonds. The lowest BCUT2D eigenvalue weighted by Crippen LogP contribution is -2.51. The van der Waals surface area contributed by atoms with Crippen LogP contribution in [0.2, 0.25) is 0 Å². The fourth-order valence-electron chi connectivity index (χ4n) is 0.629. The van der Waals surface area contributed by atoms with Gasteiger partial charge < -0.3 is 25.1 Å². The average molecular weight is 204 g/mol. The molecule has 6 heteroatoms. The molecule has 14 heavy (non-hydrogen) atoms. The molecule has 2 N–H and O–H groups in total. The Bertz CT molecular complexity index is 220. The van der Waals surface area contributed by atoms with E-state index in [0.29, 0.717) is 0 Å². The van der Waals surface area contributed by atoms with E-state index in [1.807, 2.05) is 5.32 Å². The largest absolute Gasteiger partial charge is 0.548 e. The van der Waals surface area contributed by atoms with Gasteiger partial charge in [0, 0.05) is 0 Å². The molecule has 0 saturated heterocycles. The van der Waals surface area contributed by atoms with Gasteiger partial charge in [-0.25, -0.2) is 4.79 Å². The molecule has 0 spiro atoms. The summed E-state index contributed by atoms with van der Waals surface area (Å²) in [5.41, 5.74) is -0.712. The second kappa shape index (κ2) is 4.80. The van der Waals surface area contributed by atoms with E-state index >= 15 is 0 Å². The monoisotopic (exact) mass is 204 g/mol. The maximum absolute atomic E-state index is 11.0. The second-order valence-electron chi connectivity index (χ2n) is 3.70. The molecule has 0 aromatic heterocycles. The van der Waals surface area contributed by atoms with Crippen molar-refractivity contribution in [1.82, 2.24) is 5.32 Å². The van der Waals surface area contributed by atoms with Crippen LogP contribution in [0.1, 0.15) is 20.8 Å². The van der Waals surface area contributed by atoms with Gasteiger partial charge in [-0.05, 0) is 20.8 Å². The van der Waals surface area contributed by atoms with Crippen LogP contribution < -0.4 is 10.4 Å². The van der Waals surface area contributed by atoms with Crippen molar-refractivity contribution in [3.63, 3.8) is 0 Å². The van der Waals surface area contributed by atoms with Crippen LogP contribution in [0.4, 0.5) is 4.79 Å². The Kier molecular flexibility index (Phi) is 4.36. The Morgan fingerprint density at radius 3 is 2.29 bits per heavy atom. The van der Waals surface area contributed by atoms with Crippen LogP contribution in [0, 0.1) is 0 Å². The Hall–Kier alpha value is -1.30. The van der Waals surface area contributed by atoms with Crippen molar-refractivity contribution in [3.05, 3.63) is 0 Å². The Balaban J connectivity index is 4.11. The molecule has 1 unspecified atom stereocenters. The van der Waals surface area contributed by atoms with Gasteiger partial charge in [0.15, 0.2) is 0 Å². The predicted molar refractivity (Wildman–Crippen MR) is 45.3 cm³/mol. The van der Waals surface area contributed by atoms with Gasteiger partial charge >= 0.3 is 6.09 Å². The average Bonchev–Trinajstić information content (AvgIpc) is 1.96. The highest BCUT2D eigenvalue weighted by molar-refractivity contribution is 5.78. The predicted octanol–water partition coefficient (Wildman–Crippen LogP) is -1.38. The number of carboxylic acids is 1. The molecule has 0 fully saturated rings. The summed E-state index contributed by atoms with van der Waals surface area (Å²) in [6.07, 6.45) is -0.902. The van der Waals surface area contributed by atoms with Gasteiger partial charge in [0.25, 0.3) is 0 Å². The zero-order valence-corrected chi connectivity index (χ0v) is 8.36. The number of aliphatic carboxylic acids is 1. The highest BCUT2D eigenvalue weighted by Crippen LogP contribution is 2.06. The van der Waals surface area contributed by atoms with Crippen molar-refractivity contribution in [3.8, 4) is 0 Å². The van der Waals surface area contributed by atoms with Crippen molar-refractivity contribution >= 4 is 12.1 Å². The van der Waals surface area contributed by atoms with E-state index in [4.69, 9.17) is 9.84 Å². The zero-order valence-electron chi connectivity index (χ0n) is 8.36. The summed E-state index contributed by atoms with van der Waals surface area (Å²) in [4.78, 5) is 21.3. The van der Waals surface area contributed by atoms with Gasteiger partial charge in [-0.1, -0.05) is 0 Å². The fraction of sp³-hybridized carbons (Fsp3) is 0.750. The second-order valence-corrected chi connectivity index (χ2v) is 3.70. The molecule has 0 aliphatic heterocycles. The van der Waals surface area contributed by atoms with Crippen LogP contribution in [0.5, 0.6) is 0 Å². The van der Waals surface area contributed by atoms with Crippen LogP contribution in [-0.4, -0.2) is 35.4 Å². The van der Waals surface area contributed by atoms with Gasteiger partial charge in [-0.2, -0.15) is 0 Å². The lowest BCUT2D eigenvalue weighted by atomic mass is 10.2. The first-order valence-corrected chi connectivity index (χ1v) is 4.07. The number of amides is 1. The summed E-state index contributed by atoms with van der Waals surface area (Å²) in [5, 5.41) is 20.8. The van der Waals surface area contributed by atoms with Gasteiger partial charge in [0.1, 0.15) is 5.60 Å². The van der Waals surface area contributed by atoms with Crippen molar-refractivity contribution in [2.75, 3.05) is 6.61 Å². The zero-order chi connectivity index (χ0) is 11.4. The molecule has 0 aliphatic carbocycles. The SMILES string of the molecule is CC(C)(C)OC(=O)NC(CO)C(=O)[O-]. The highest BCUT2D eigenvalue weighted by atomic mass is 16.6. The summed E-state index contributed by atoms with van der Waals surface area (Å²) >= 11 is 0. The molecular formula is C8H14NO5-. The van der Waals surface area contributed by atoms with Crippen molar-refractivity contribution < 1.29 is 24.5 Å². The van der Waals surface area contributed by atoms with Crippen molar-refractivity contribution in [2.24, 2.45) is 0 Å². The quantitative estimate of drug-likeness (QED) is 0.590.